The summed E-state index contributed by atoms with van der Waals surface area (Å²) in [6.45, 7) is 2.59. The van der Waals surface area contributed by atoms with E-state index >= 15 is 0 Å². The van der Waals surface area contributed by atoms with Crippen molar-refractivity contribution in [2.75, 3.05) is 20.1 Å². The van der Waals surface area contributed by atoms with E-state index in [0.29, 0.717) is 18.7 Å². The highest BCUT2D eigenvalue weighted by molar-refractivity contribution is 7.89. The van der Waals surface area contributed by atoms with E-state index in [0.717, 1.165) is 6.42 Å². The van der Waals surface area contributed by atoms with Crippen molar-refractivity contribution < 1.29 is 12.8 Å². The Morgan fingerprint density at radius 3 is 2.72 bits per heavy atom. The lowest BCUT2D eigenvalue weighted by atomic mass is 10.2. The van der Waals surface area contributed by atoms with Gasteiger partial charge in [0, 0.05) is 19.1 Å². The fourth-order valence-corrected chi connectivity index (χ4v) is 3.93. The number of nitrogens with one attached hydrogen (secondary N) is 1. The summed E-state index contributed by atoms with van der Waals surface area (Å²) in [4.78, 5) is 0.195. The Morgan fingerprint density at radius 2 is 2.17 bits per heavy atom. The third-order valence-corrected chi connectivity index (χ3v) is 5.34. The molecule has 1 aliphatic heterocycles. The van der Waals surface area contributed by atoms with Crippen LogP contribution >= 0.6 is 0 Å². The predicted octanol–water partition coefficient (Wildman–Crippen LogP) is 1.12. The molecule has 0 radical (unpaired) electrons. The zero-order valence-electron chi connectivity index (χ0n) is 10.5. The zero-order chi connectivity index (χ0) is 13.3. The van der Waals surface area contributed by atoms with Crippen LogP contribution in [0.4, 0.5) is 4.39 Å². The summed E-state index contributed by atoms with van der Waals surface area (Å²) < 4.78 is 39.3. The number of rotatable bonds is 3. The van der Waals surface area contributed by atoms with Crippen molar-refractivity contribution in [3.05, 3.63) is 29.6 Å². The summed E-state index contributed by atoms with van der Waals surface area (Å²) in [6.07, 6.45) is 0.802. The molecule has 0 saturated carbocycles. The van der Waals surface area contributed by atoms with E-state index in [1.807, 2.05) is 7.05 Å². The van der Waals surface area contributed by atoms with Gasteiger partial charge in [0.2, 0.25) is 10.0 Å². The Hall–Kier alpha value is -0.980. The van der Waals surface area contributed by atoms with E-state index < -0.39 is 15.8 Å². The van der Waals surface area contributed by atoms with E-state index in [-0.39, 0.29) is 10.9 Å². The predicted molar refractivity (Wildman–Crippen MR) is 67.4 cm³/mol. The average molecular weight is 272 g/mol. The second-order valence-corrected chi connectivity index (χ2v) is 6.45. The highest BCUT2D eigenvalue weighted by Gasteiger charge is 2.32. The molecular formula is C12H17FN2O2S. The molecule has 1 aliphatic rings. The summed E-state index contributed by atoms with van der Waals surface area (Å²) >= 11 is 0. The lowest BCUT2D eigenvalue weighted by Crippen LogP contribution is -2.33. The van der Waals surface area contributed by atoms with Crippen molar-refractivity contribution in [2.45, 2.75) is 24.3 Å². The zero-order valence-corrected chi connectivity index (χ0v) is 11.3. The Bertz CT molecular complexity index is 545. The highest BCUT2D eigenvalue weighted by Crippen LogP contribution is 2.24. The molecular weight excluding hydrogens is 255 g/mol. The maximum Gasteiger partial charge on any atom is 0.243 e. The second-order valence-electron chi connectivity index (χ2n) is 4.55. The molecule has 1 aromatic rings. The summed E-state index contributed by atoms with van der Waals surface area (Å²) in [5.74, 6) is -0.416. The van der Waals surface area contributed by atoms with Gasteiger partial charge in [0.15, 0.2) is 0 Å². The van der Waals surface area contributed by atoms with Crippen LogP contribution in [0, 0.1) is 12.7 Å². The van der Waals surface area contributed by atoms with Crippen molar-refractivity contribution >= 4 is 10.0 Å². The molecule has 0 aromatic heterocycles. The standard InChI is InChI=1S/C12H17FN2O2S/c1-9-7-10(13)3-4-12(9)18(16,17)15-6-5-11(8-15)14-2/h3-4,7,11,14H,5-6,8H2,1-2H3. The Labute approximate surface area is 107 Å². The molecule has 1 aromatic carbocycles. The lowest BCUT2D eigenvalue weighted by molar-refractivity contribution is 0.464. The van der Waals surface area contributed by atoms with E-state index in [9.17, 15) is 12.8 Å². The molecule has 1 heterocycles. The van der Waals surface area contributed by atoms with Crippen molar-refractivity contribution in [1.82, 2.24) is 9.62 Å². The first-order valence-corrected chi connectivity index (χ1v) is 7.32. The molecule has 1 atom stereocenters. The maximum atomic E-state index is 13.0. The molecule has 18 heavy (non-hydrogen) atoms. The highest BCUT2D eigenvalue weighted by atomic mass is 32.2. The molecule has 0 amide bonds. The second kappa shape index (κ2) is 4.95. The van der Waals surface area contributed by atoms with Crippen LogP contribution in [0.3, 0.4) is 0 Å². The third-order valence-electron chi connectivity index (χ3n) is 3.31. The quantitative estimate of drug-likeness (QED) is 0.897. The Balaban J connectivity index is 2.31. The van der Waals surface area contributed by atoms with Gasteiger partial charge in [0.25, 0.3) is 0 Å². The van der Waals surface area contributed by atoms with Gasteiger partial charge >= 0.3 is 0 Å². The fraction of sp³-hybridized carbons (Fsp3) is 0.500. The minimum Gasteiger partial charge on any atom is -0.316 e. The number of aryl methyl sites for hydroxylation is 1. The minimum atomic E-state index is -3.50. The van der Waals surface area contributed by atoms with Crippen LogP contribution in [-0.4, -0.2) is 38.9 Å². The maximum absolute atomic E-state index is 13.0. The first kappa shape index (κ1) is 13.5. The number of hydrogen-bond acceptors (Lipinski definition) is 3. The first-order chi connectivity index (χ1) is 8.45. The molecule has 0 spiro atoms. The van der Waals surface area contributed by atoms with Crippen LogP contribution < -0.4 is 5.32 Å². The van der Waals surface area contributed by atoms with E-state index in [2.05, 4.69) is 5.32 Å². The van der Waals surface area contributed by atoms with Gasteiger partial charge in [-0.15, -0.1) is 0 Å². The first-order valence-electron chi connectivity index (χ1n) is 5.88. The molecule has 6 heteroatoms. The molecule has 0 bridgehead atoms. The summed E-state index contributed by atoms with van der Waals surface area (Å²) in [5, 5.41) is 3.08. The minimum absolute atomic E-state index is 0.195. The monoisotopic (exact) mass is 272 g/mol. The summed E-state index contributed by atoms with van der Waals surface area (Å²) in [6, 6.07) is 3.97. The summed E-state index contributed by atoms with van der Waals surface area (Å²) in [7, 11) is -1.68. The number of sulfonamides is 1. The van der Waals surface area contributed by atoms with E-state index in [4.69, 9.17) is 0 Å². The van der Waals surface area contributed by atoms with Gasteiger partial charge < -0.3 is 5.32 Å². The van der Waals surface area contributed by atoms with Gasteiger partial charge in [-0.3, -0.25) is 0 Å². The number of likely N-dealkylation sites (N-methyl/N-ethyl adjacent to an activating group) is 1. The van der Waals surface area contributed by atoms with Gasteiger partial charge in [-0.2, -0.15) is 4.31 Å². The SMILES string of the molecule is CNC1CCN(S(=O)(=O)c2ccc(F)cc2C)C1. The molecule has 2 rings (SSSR count). The normalized spacial score (nSPS) is 21.4. The average Bonchev–Trinajstić information content (AvgIpc) is 2.77. The summed E-state index contributed by atoms with van der Waals surface area (Å²) in [5.41, 5.74) is 0.447. The third kappa shape index (κ3) is 2.41. The Kier molecular flexibility index (Phi) is 3.70. The number of nitrogens with zero attached hydrogens (tertiary/aromatic N) is 1. The van der Waals surface area contributed by atoms with Crippen LogP contribution in [-0.2, 0) is 10.0 Å². The largest absolute Gasteiger partial charge is 0.316 e. The van der Waals surface area contributed by atoms with Gasteiger partial charge in [0.1, 0.15) is 5.82 Å². The van der Waals surface area contributed by atoms with E-state index in [1.54, 1.807) is 6.92 Å². The van der Waals surface area contributed by atoms with Crippen LogP contribution in [0.5, 0.6) is 0 Å². The molecule has 1 fully saturated rings. The number of hydrogen-bond donors (Lipinski definition) is 1. The van der Waals surface area contributed by atoms with Gasteiger partial charge in [0.05, 0.1) is 4.90 Å². The van der Waals surface area contributed by atoms with Crippen molar-refractivity contribution in [3.8, 4) is 0 Å². The molecule has 0 aliphatic carbocycles. The Morgan fingerprint density at radius 1 is 1.44 bits per heavy atom. The molecule has 1 saturated heterocycles. The van der Waals surface area contributed by atoms with Crippen LogP contribution in [0.15, 0.2) is 23.1 Å². The number of benzene rings is 1. The molecule has 100 valence electrons. The van der Waals surface area contributed by atoms with Gasteiger partial charge in [-0.05, 0) is 44.2 Å². The topological polar surface area (TPSA) is 49.4 Å². The van der Waals surface area contributed by atoms with Crippen LogP contribution in [0.25, 0.3) is 0 Å². The van der Waals surface area contributed by atoms with Gasteiger partial charge in [-0.25, -0.2) is 12.8 Å². The van der Waals surface area contributed by atoms with Crippen LogP contribution in [0.1, 0.15) is 12.0 Å². The lowest BCUT2D eigenvalue weighted by Gasteiger charge is -2.17. The molecule has 1 N–H and O–H groups in total. The van der Waals surface area contributed by atoms with Gasteiger partial charge in [-0.1, -0.05) is 0 Å². The molecule has 1 unspecified atom stereocenters. The van der Waals surface area contributed by atoms with Crippen molar-refractivity contribution in [2.24, 2.45) is 0 Å². The van der Waals surface area contributed by atoms with E-state index in [1.165, 1.54) is 22.5 Å². The number of halogens is 1. The molecule has 4 nitrogen and oxygen atoms in total. The van der Waals surface area contributed by atoms with Crippen molar-refractivity contribution in [3.63, 3.8) is 0 Å². The van der Waals surface area contributed by atoms with Crippen LogP contribution in [0.2, 0.25) is 0 Å². The van der Waals surface area contributed by atoms with Crippen molar-refractivity contribution in [1.29, 1.82) is 0 Å². The fourth-order valence-electron chi connectivity index (χ4n) is 2.22. The smallest absolute Gasteiger partial charge is 0.243 e.